The normalized spacial score (nSPS) is 12.6. The molecule has 4 aromatic carbocycles. The van der Waals surface area contributed by atoms with Gasteiger partial charge in [-0.05, 0) is 36.1 Å². The monoisotopic (exact) mass is 546 g/mol. The predicted octanol–water partition coefficient (Wildman–Crippen LogP) is 6.60. The van der Waals surface area contributed by atoms with Gasteiger partial charge in [-0.25, -0.2) is 8.78 Å². The van der Waals surface area contributed by atoms with E-state index in [-0.39, 0.29) is 49.3 Å². The van der Waals surface area contributed by atoms with Crippen LogP contribution in [0.5, 0.6) is 0 Å². The van der Waals surface area contributed by atoms with E-state index in [1.807, 2.05) is 0 Å². The van der Waals surface area contributed by atoms with Gasteiger partial charge in [0.05, 0.1) is 10.5 Å². The third-order valence-electron chi connectivity index (χ3n) is 6.40. The number of carbonyl (C=O) groups is 2. The molecule has 0 aliphatic rings. The Labute approximate surface area is 230 Å². The Morgan fingerprint density at radius 3 is 1.28 bits per heavy atom. The molecule has 0 radical (unpaired) electrons. The first-order valence-corrected chi connectivity index (χ1v) is 13.5. The molecule has 2 atom stereocenters. The molecule has 4 aromatic rings. The lowest BCUT2D eigenvalue weighted by Crippen LogP contribution is -2.27. The average molecular weight is 547 g/mol. The summed E-state index contributed by atoms with van der Waals surface area (Å²) in [5.41, 5.74) is 2.86. The third-order valence-corrected chi connectivity index (χ3v) is 7.96. The molecule has 0 aliphatic carbocycles. The number of rotatable bonds is 12. The minimum atomic E-state index is -0.729. The van der Waals surface area contributed by atoms with Crippen molar-refractivity contribution in [3.05, 3.63) is 120 Å². The van der Waals surface area contributed by atoms with Gasteiger partial charge in [0.1, 0.15) is 11.6 Å². The van der Waals surface area contributed by atoms with E-state index in [9.17, 15) is 28.6 Å². The number of Topliss-reactive ketones (excluding diaryl/α,β-unsaturated/α-hetero) is 2. The van der Waals surface area contributed by atoms with Gasteiger partial charge in [0.25, 0.3) is 0 Å². The Morgan fingerprint density at radius 2 is 0.949 bits per heavy atom. The number of halogens is 2. The van der Waals surface area contributed by atoms with E-state index in [4.69, 9.17) is 0 Å². The first-order chi connectivity index (χ1) is 18.9. The van der Waals surface area contributed by atoms with E-state index in [2.05, 4.69) is 0 Å². The number of hydrogen-bond acceptors (Lipinski definition) is 5. The molecule has 0 heterocycles. The summed E-state index contributed by atoms with van der Waals surface area (Å²) in [7, 11) is 0. The molecule has 0 aliphatic heterocycles. The fraction of sp³-hybridized carbons (Fsp3) is 0.188. The van der Waals surface area contributed by atoms with Crippen LogP contribution < -0.4 is 0 Å². The lowest BCUT2D eigenvalue weighted by molar-refractivity contribution is 0.0974. The van der Waals surface area contributed by atoms with Crippen LogP contribution in [0, 0.1) is 11.6 Å². The van der Waals surface area contributed by atoms with Gasteiger partial charge in [0.2, 0.25) is 0 Å². The fourth-order valence-electron chi connectivity index (χ4n) is 4.35. The topological polar surface area (TPSA) is 74.6 Å². The Hall–Kier alpha value is -3.65. The lowest BCUT2D eigenvalue weighted by Gasteiger charge is -2.21. The summed E-state index contributed by atoms with van der Waals surface area (Å²) < 4.78 is 28.3. The highest BCUT2D eigenvalue weighted by atomic mass is 32.2. The zero-order chi connectivity index (χ0) is 27.8. The van der Waals surface area contributed by atoms with Crippen LogP contribution in [0.3, 0.4) is 0 Å². The summed E-state index contributed by atoms with van der Waals surface area (Å²) >= 11 is 1.11. The van der Waals surface area contributed by atoms with E-state index in [0.29, 0.717) is 33.4 Å². The van der Waals surface area contributed by atoms with Crippen LogP contribution in [0.2, 0.25) is 0 Å². The number of aliphatic hydroxyl groups excluding tert-OH is 2. The van der Waals surface area contributed by atoms with Gasteiger partial charge in [0.15, 0.2) is 11.6 Å². The largest absolute Gasteiger partial charge is 0.396 e. The molecule has 7 heteroatoms. The van der Waals surface area contributed by atoms with Crippen LogP contribution in [0.1, 0.15) is 33.6 Å². The molecule has 0 spiro atoms. The molecule has 0 fully saturated rings. The Kier molecular flexibility index (Phi) is 9.76. The number of ketones is 2. The maximum Gasteiger partial charge on any atom is 0.175 e. The van der Waals surface area contributed by atoms with Crippen LogP contribution in [0.25, 0.3) is 22.3 Å². The second-order valence-electron chi connectivity index (χ2n) is 8.98. The highest BCUT2D eigenvalue weighted by molar-refractivity contribution is 8.02. The number of benzene rings is 4. The highest BCUT2D eigenvalue weighted by Crippen LogP contribution is 2.31. The maximum atomic E-state index is 14.2. The molecule has 4 nitrogen and oxygen atoms in total. The highest BCUT2D eigenvalue weighted by Gasteiger charge is 2.29. The number of aliphatic hydroxyl groups is 2. The van der Waals surface area contributed by atoms with Gasteiger partial charge >= 0.3 is 0 Å². The quantitative estimate of drug-likeness (QED) is 0.196. The smallest absolute Gasteiger partial charge is 0.175 e. The van der Waals surface area contributed by atoms with Crippen molar-refractivity contribution in [3.63, 3.8) is 0 Å². The average Bonchev–Trinajstić information content (AvgIpc) is 2.96. The van der Waals surface area contributed by atoms with Gasteiger partial charge in [-0.15, -0.1) is 11.8 Å². The summed E-state index contributed by atoms with van der Waals surface area (Å²) in [6.45, 7) is -0.512. The number of thioether (sulfide) groups is 1. The van der Waals surface area contributed by atoms with Crippen molar-refractivity contribution in [3.8, 4) is 22.3 Å². The van der Waals surface area contributed by atoms with Crippen molar-refractivity contribution in [1.29, 1.82) is 0 Å². The molecule has 4 rings (SSSR count). The summed E-state index contributed by atoms with van der Waals surface area (Å²) in [5, 5.41) is 17.8. The minimum absolute atomic E-state index is 0.125. The first-order valence-electron chi connectivity index (χ1n) is 12.6. The first kappa shape index (κ1) is 28.4. The van der Waals surface area contributed by atoms with Crippen molar-refractivity contribution in [2.45, 2.75) is 23.3 Å². The standard InChI is InChI=1S/C32H28F2O4S/c33-27-7-3-1-5-25(27)21-9-13-23(14-10-21)31(37)29(17-19-35)39-30(18-20-36)32(38)24-15-11-22(12-16-24)26-6-2-4-8-28(26)34/h1-16,29-30,35-36H,17-20H2. The third kappa shape index (κ3) is 6.87. The van der Waals surface area contributed by atoms with E-state index < -0.39 is 10.5 Å². The zero-order valence-electron chi connectivity index (χ0n) is 21.1. The molecule has 200 valence electrons. The molecule has 2 unspecified atom stereocenters. The van der Waals surface area contributed by atoms with E-state index in [0.717, 1.165) is 11.8 Å². The van der Waals surface area contributed by atoms with Crippen molar-refractivity contribution in [1.82, 2.24) is 0 Å². The van der Waals surface area contributed by atoms with Gasteiger partial charge in [-0.1, -0.05) is 84.9 Å². The molecule has 0 bridgehead atoms. The van der Waals surface area contributed by atoms with Crippen molar-refractivity contribution < 1.29 is 28.6 Å². The molecular formula is C32H28F2O4S. The van der Waals surface area contributed by atoms with Gasteiger partial charge < -0.3 is 10.2 Å². The Bertz CT molecular complexity index is 1310. The van der Waals surface area contributed by atoms with Crippen LogP contribution in [-0.2, 0) is 0 Å². The van der Waals surface area contributed by atoms with Gasteiger partial charge in [-0.3, -0.25) is 9.59 Å². The van der Waals surface area contributed by atoms with Crippen LogP contribution in [0.4, 0.5) is 8.78 Å². The maximum absolute atomic E-state index is 14.2. The van der Waals surface area contributed by atoms with Crippen molar-refractivity contribution in [2.75, 3.05) is 13.2 Å². The van der Waals surface area contributed by atoms with Crippen molar-refractivity contribution >= 4 is 23.3 Å². The lowest BCUT2D eigenvalue weighted by atomic mass is 10.00. The van der Waals surface area contributed by atoms with Crippen LogP contribution >= 0.6 is 11.8 Å². The Morgan fingerprint density at radius 1 is 0.590 bits per heavy atom. The van der Waals surface area contributed by atoms with Crippen LogP contribution in [0.15, 0.2) is 97.1 Å². The predicted molar refractivity (Wildman–Crippen MR) is 151 cm³/mol. The molecule has 0 saturated carbocycles. The Balaban J connectivity index is 1.51. The molecule has 0 aromatic heterocycles. The summed E-state index contributed by atoms with van der Waals surface area (Å²) in [6.07, 6.45) is 0.250. The van der Waals surface area contributed by atoms with Gasteiger partial charge in [0, 0.05) is 35.5 Å². The van der Waals surface area contributed by atoms with Crippen LogP contribution in [-0.4, -0.2) is 45.5 Å². The second-order valence-corrected chi connectivity index (χ2v) is 10.4. The van der Waals surface area contributed by atoms with E-state index in [1.54, 1.807) is 84.9 Å². The molecule has 2 N–H and O–H groups in total. The molecule has 39 heavy (non-hydrogen) atoms. The van der Waals surface area contributed by atoms with Gasteiger partial charge in [-0.2, -0.15) is 0 Å². The summed E-state index contributed by atoms with van der Waals surface area (Å²) in [6, 6.07) is 25.8. The fourth-order valence-corrected chi connectivity index (χ4v) is 5.74. The molecule has 0 amide bonds. The molecule has 0 saturated heterocycles. The second kappa shape index (κ2) is 13.4. The summed E-state index contributed by atoms with van der Waals surface area (Å²) in [4.78, 5) is 26.7. The number of hydrogen-bond donors (Lipinski definition) is 2. The van der Waals surface area contributed by atoms with E-state index in [1.165, 1.54) is 12.1 Å². The number of carbonyl (C=O) groups excluding carboxylic acids is 2. The summed E-state index contributed by atoms with van der Waals surface area (Å²) in [5.74, 6) is -1.25. The molecular weight excluding hydrogens is 518 g/mol. The van der Waals surface area contributed by atoms with E-state index >= 15 is 0 Å². The zero-order valence-corrected chi connectivity index (χ0v) is 21.9. The minimum Gasteiger partial charge on any atom is -0.396 e. The SMILES string of the molecule is O=C(c1ccc(-c2ccccc2F)cc1)C(CCO)SC(CCO)C(=O)c1ccc(-c2ccccc2F)cc1. The van der Waals surface area contributed by atoms with Crippen molar-refractivity contribution in [2.24, 2.45) is 0 Å².